The van der Waals surface area contributed by atoms with E-state index in [-0.39, 0.29) is 5.82 Å². The van der Waals surface area contributed by atoms with Gasteiger partial charge in [-0.3, -0.25) is 4.90 Å². The van der Waals surface area contributed by atoms with E-state index in [1.807, 2.05) is 12.4 Å². The maximum absolute atomic E-state index is 14.0. The molecule has 1 aliphatic heterocycles. The van der Waals surface area contributed by atoms with Gasteiger partial charge >= 0.3 is 0 Å². The van der Waals surface area contributed by atoms with Crippen molar-refractivity contribution in [2.45, 2.75) is 31.8 Å². The maximum Gasteiger partial charge on any atom is 0.129 e. The molecule has 1 aromatic heterocycles. The molecule has 1 aliphatic rings. The lowest BCUT2D eigenvalue weighted by Crippen LogP contribution is -2.35. The minimum atomic E-state index is -0.230. The number of halogens is 2. The number of aromatic nitrogens is 2. The van der Waals surface area contributed by atoms with Crippen molar-refractivity contribution in [1.82, 2.24) is 14.5 Å². The molecule has 130 valence electrons. The van der Waals surface area contributed by atoms with E-state index in [4.69, 9.17) is 16.3 Å². The summed E-state index contributed by atoms with van der Waals surface area (Å²) in [5, 5.41) is 0.499. The van der Waals surface area contributed by atoms with E-state index in [9.17, 15) is 4.39 Å². The van der Waals surface area contributed by atoms with Gasteiger partial charge in [-0.25, -0.2) is 9.37 Å². The molecule has 4 nitrogen and oxygen atoms in total. The quantitative estimate of drug-likeness (QED) is 0.795. The Bertz CT molecular complexity index is 656. The highest BCUT2D eigenvalue weighted by molar-refractivity contribution is 6.31. The minimum Gasteiger partial charge on any atom is -0.383 e. The van der Waals surface area contributed by atoms with Gasteiger partial charge in [0, 0.05) is 55.6 Å². The summed E-state index contributed by atoms with van der Waals surface area (Å²) in [7, 11) is 1.71. The predicted molar refractivity (Wildman–Crippen MR) is 92.8 cm³/mol. The molecular weight excluding hydrogens is 329 g/mol. The van der Waals surface area contributed by atoms with E-state index >= 15 is 0 Å². The van der Waals surface area contributed by atoms with Crippen molar-refractivity contribution < 1.29 is 9.13 Å². The van der Waals surface area contributed by atoms with Crippen LogP contribution >= 0.6 is 11.6 Å². The van der Waals surface area contributed by atoms with Crippen molar-refractivity contribution >= 4 is 11.6 Å². The molecule has 0 N–H and O–H groups in total. The average Bonchev–Trinajstić information content (AvgIpc) is 3.05. The summed E-state index contributed by atoms with van der Waals surface area (Å²) >= 11 is 6.17. The molecule has 0 aliphatic carbocycles. The van der Waals surface area contributed by atoms with E-state index in [1.54, 1.807) is 19.2 Å². The summed E-state index contributed by atoms with van der Waals surface area (Å²) in [6.07, 6.45) is 6.03. The van der Waals surface area contributed by atoms with Crippen LogP contribution in [0, 0.1) is 5.82 Å². The van der Waals surface area contributed by atoms with Gasteiger partial charge in [-0.1, -0.05) is 17.7 Å². The van der Waals surface area contributed by atoms with Gasteiger partial charge in [-0.05, 0) is 31.5 Å². The van der Waals surface area contributed by atoms with Crippen LogP contribution in [-0.4, -0.2) is 41.3 Å². The minimum absolute atomic E-state index is 0.230. The van der Waals surface area contributed by atoms with Gasteiger partial charge in [0.15, 0.2) is 0 Å². The number of methoxy groups -OCH3 is 1. The van der Waals surface area contributed by atoms with E-state index < -0.39 is 0 Å². The lowest BCUT2D eigenvalue weighted by molar-refractivity contribution is 0.177. The van der Waals surface area contributed by atoms with Crippen LogP contribution in [0.5, 0.6) is 0 Å². The van der Waals surface area contributed by atoms with Crippen LogP contribution in [-0.2, 0) is 17.8 Å². The molecule has 0 bridgehead atoms. The standard InChI is InChI=1S/C18H23ClFN3O/c1-24-11-10-23-9-7-21-18(23)14-4-3-8-22(12-14)13-15-16(19)5-2-6-17(15)20/h2,5-7,9,14H,3-4,8,10-13H2,1H3/t14-/m0/s1. The highest BCUT2D eigenvalue weighted by atomic mass is 35.5. The second-order valence-electron chi connectivity index (χ2n) is 6.25. The van der Waals surface area contributed by atoms with Gasteiger partial charge < -0.3 is 9.30 Å². The molecule has 0 unspecified atom stereocenters. The Morgan fingerprint density at radius 3 is 3.08 bits per heavy atom. The van der Waals surface area contributed by atoms with E-state index in [1.165, 1.54) is 6.07 Å². The van der Waals surface area contributed by atoms with Gasteiger partial charge in [-0.2, -0.15) is 0 Å². The zero-order valence-electron chi connectivity index (χ0n) is 13.9. The lowest BCUT2D eigenvalue weighted by atomic mass is 9.96. The Morgan fingerprint density at radius 2 is 2.29 bits per heavy atom. The second kappa shape index (κ2) is 8.10. The van der Waals surface area contributed by atoms with Crippen molar-refractivity contribution in [3.05, 3.63) is 52.8 Å². The molecule has 1 fully saturated rings. The normalized spacial score (nSPS) is 18.9. The van der Waals surface area contributed by atoms with Crippen LogP contribution in [0.15, 0.2) is 30.6 Å². The summed E-state index contributed by atoms with van der Waals surface area (Å²) < 4.78 is 21.4. The topological polar surface area (TPSA) is 30.3 Å². The number of rotatable bonds is 6. The van der Waals surface area contributed by atoms with Crippen molar-refractivity contribution in [1.29, 1.82) is 0 Å². The summed E-state index contributed by atoms with van der Waals surface area (Å²) in [4.78, 5) is 6.82. The van der Waals surface area contributed by atoms with E-state index in [2.05, 4.69) is 14.5 Å². The predicted octanol–water partition coefficient (Wildman–Crippen LogP) is 3.70. The highest BCUT2D eigenvalue weighted by Gasteiger charge is 2.25. The molecule has 6 heteroatoms. The zero-order chi connectivity index (χ0) is 16.9. The molecule has 2 aromatic rings. The molecule has 3 rings (SSSR count). The van der Waals surface area contributed by atoms with Gasteiger partial charge in [0.05, 0.1) is 6.61 Å². The third kappa shape index (κ3) is 3.97. The Kier molecular flexibility index (Phi) is 5.87. The van der Waals surface area contributed by atoms with Crippen molar-refractivity contribution in [2.24, 2.45) is 0 Å². The molecule has 1 saturated heterocycles. The van der Waals surface area contributed by atoms with Gasteiger partial charge in [-0.15, -0.1) is 0 Å². The van der Waals surface area contributed by atoms with Crippen LogP contribution in [0.25, 0.3) is 0 Å². The zero-order valence-corrected chi connectivity index (χ0v) is 14.7. The molecule has 0 spiro atoms. The molecule has 1 aromatic carbocycles. The SMILES string of the molecule is COCCn1ccnc1[C@H]1CCCN(Cc2c(F)cccc2Cl)C1. The summed E-state index contributed by atoms with van der Waals surface area (Å²) in [6.45, 7) is 3.85. The molecule has 0 radical (unpaired) electrons. The van der Waals surface area contributed by atoms with Gasteiger partial charge in [0.25, 0.3) is 0 Å². The number of ether oxygens (including phenoxy) is 1. The smallest absolute Gasteiger partial charge is 0.129 e. The summed E-state index contributed by atoms with van der Waals surface area (Å²) in [5.74, 6) is 1.22. The fourth-order valence-corrected chi connectivity index (χ4v) is 3.60. The van der Waals surface area contributed by atoms with Gasteiger partial charge in [0.1, 0.15) is 11.6 Å². The number of piperidine rings is 1. The number of nitrogens with zero attached hydrogens (tertiary/aromatic N) is 3. The Hall–Kier alpha value is -1.43. The van der Waals surface area contributed by atoms with Crippen LogP contribution < -0.4 is 0 Å². The first-order valence-corrected chi connectivity index (χ1v) is 8.72. The third-order valence-electron chi connectivity index (χ3n) is 4.60. The highest BCUT2D eigenvalue weighted by Crippen LogP contribution is 2.28. The number of benzene rings is 1. The summed E-state index contributed by atoms with van der Waals surface area (Å²) in [6, 6.07) is 4.87. The molecule has 0 saturated carbocycles. The van der Waals surface area contributed by atoms with Crippen LogP contribution in [0.3, 0.4) is 0 Å². The first kappa shape index (κ1) is 17.4. The fraction of sp³-hybridized carbons (Fsp3) is 0.500. The first-order valence-electron chi connectivity index (χ1n) is 8.34. The molecule has 2 heterocycles. The number of hydrogen-bond acceptors (Lipinski definition) is 3. The van der Waals surface area contributed by atoms with E-state index in [0.29, 0.717) is 29.7 Å². The third-order valence-corrected chi connectivity index (χ3v) is 4.95. The van der Waals surface area contributed by atoms with Crippen LogP contribution in [0.1, 0.15) is 30.1 Å². The number of imidazole rings is 1. The van der Waals surface area contributed by atoms with Crippen LogP contribution in [0.2, 0.25) is 5.02 Å². The van der Waals surface area contributed by atoms with Crippen molar-refractivity contribution in [3.8, 4) is 0 Å². The first-order chi connectivity index (χ1) is 11.7. The maximum atomic E-state index is 14.0. The lowest BCUT2D eigenvalue weighted by Gasteiger charge is -2.33. The molecule has 1 atom stereocenters. The largest absolute Gasteiger partial charge is 0.383 e. The molecular formula is C18H23ClFN3O. The number of likely N-dealkylation sites (tertiary alicyclic amines) is 1. The second-order valence-corrected chi connectivity index (χ2v) is 6.65. The number of hydrogen-bond donors (Lipinski definition) is 0. The molecule has 0 amide bonds. The van der Waals surface area contributed by atoms with E-state index in [0.717, 1.165) is 38.3 Å². The van der Waals surface area contributed by atoms with Gasteiger partial charge in [0.2, 0.25) is 0 Å². The monoisotopic (exact) mass is 351 g/mol. The average molecular weight is 352 g/mol. The van der Waals surface area contributed by atoms with Crippen LogP contribution in [0.4, 0.5) is 4.39 Å². The fourth-order valence-electron chi connectivity index (χ4n) is 3.38. The summed E-state index contributed by atoms with van der Waals surface area (Å²) in [5.41, 5.74) is 0.586. The Morgan fingerprint density at radius 1 is 1.42 bits per heavy atom. The Labute approximate surface area is 147 Å². The van der Waals surface area contributed by atoms with Crippen molar-refractivity contribution in [3.63, 3.8) is 0 Å². The van der Waals surface area contributed by atoms with Crippen molar-refractivity contribution in [2.75, 3.05) is 26.8 Å². The molecule has 24 heavy (non-hydrogen) atoms. The Balaban J connectivity index is 1.70.